The van der Waals surface area contributed by atoms with E-state index in [1.807, 2.05) is 0 Å². The fourth-order valence-corrected chi connectivity index (χ4v) is 3.36. The van der Waals surface area contributed by atoms with Crippen LogP contribution in [0.15, 0.2) is 0 Å². The van der Waals surface area contributed by atoms with Crippen molar-refractivity contribution in [2.45, 2.75) is 83.0 Å². The Bertz CT molecular complexity index is 478. The highest BCUT2D eigenvalue weighted by molar-refractivity contribution is 5.93. The van der Waals surface area contributed by atoms with Crippen LogP contribution < -0.4 is 22.1 Å². The molecule has 8 nitrogen and oxygen atoms in total. The number of aliphatic hydroxyl groups excluding tert-OH is 1. The second-order valence-corrected chi connectivity index (χ2v) is 7.32. The lowest BCUT2D eigenvalue weighted by molar-refractivity contribution is -0.134. The average molecular weight is 370 g/mol. The van der Waals surface area contributed by atoms with Crippen molar-refractivity contribution in [1.82, 2.24) is 10.6 Å². The maximum Gasteiger partial charge on any atom is 0.245 e. The van der Waals surface area contributed by atoms with Crippen molar-refractivity contribution in [3.63, 3.8) is 0 Å². The Kier molecular flexibility index (Phi) is 9.75. The number of hydrogen-bond donors (Lipinski definition) is 5. The molecule has 150 valence electrons. The van der Waals surface area contributed by atoms with E-state index in [1.54, 1.807) is 0 Å². The molecule has 1 aliphatic rings. The van der Waals surface area contributed by atoms with E-state index in [0.29, 0.717) is 18.8 Å². The van der Waals surface area contributed by atoms with Crippen molar-refractivity contribution in [3.05, 3.63) is 0 Å². The second kappa shape index (κ2) is 11.3. The summed E-state index contributed by atoms with van der Waals surface area (Å²) < 4.78 is 0. The van der Waals surface area contributed by atoms with Gasteiger partial charge in [-0.15, -0.1) is 0 Å². The van der Waals surface area contributed by atoms with Gasteiger partial charge in [-0.25, -0.2) is 0 Å². The molecule has 0 heterocycles. The highest BCUT2D eigenvalue weighted by Crippen LogP contribution is 2.26. The lowest BCUT2D eigenvalue weighted by Crippen LogP contribution is -2.58. The number of nitrogens with two attached hydrogens (primary N) is 2. The zero-order valence-electron chi connectivity index (χ0n) is 15.9. The van der Waals surface area contributed by atoms with Crippen LogP contribution in [-0.2, 0) is 14.4 Å². The van der Waals surface area contributed by atoms with Crippen LogP contribution in [0.3, 0.4) is 0 Å². The van der Waals surface area contributed by atoms with Crippen LogP contribution in [0.5, 0.6) is 0 Å². The SMILES string of the molecule is CC(=O)[C@H](CCN)NC(=O)[C@@H](NC(=O)[C@@H](N)CC1CCCCC1)C(C)O. The molecule has 1 rings (SSSR count). The lowest BCUT2D eigenvalue weighted by atomic mass is 9.85. The van der Waals surface area contributed by atoms with E-state index in [2.05, 4.69) is 10.6 Å². The van der Waals surface area contributed by atoms with Gasteiger partial charge in [0.2, 0.25) is 11.8 Å². The first-order chi connectivity index (χ1) is 12.3. The normalized spacial score (nSPS) is 19.9. The third-order valence-corrected chi connectivity index (χ3v) is 4.97. The summed E-state index contributed by atoms with van der Waals surface area (Å²) in [6.45, 7) is 3.00. The number of hydrogen-bond acceptors (Lipinski definition) is 6. The minimum atomic E-state index is -1.17. The minimum absolute atomic E-state index is 0.228. The number of Topliss-reactive ketones (excluding diaryl/α,β-unsaturated/α-hetero) is 1. The Morgan fingerprint density at radius 3 is 2.23 bits per heavy atom. The molecule has 0 aromatic carbocycles. The summed E-state index contributed by atoms with van der Waals surface area (Å²) >= 11 is 0. The number of nitrogens with one attached hydrogen (secondary N) is 2. The molecule has 0 saturated heterocycles. The third-order valence-electron chi connectivity index (χ3n) is 4.97. The van der Waals surface area contributed by atoms with Crippen molar-refractivity contribution in [2.24, 2.45) is 17.4 Å². The van der Waals surface area contributed by atoms with Crippen LogP contribution in [-0.4, -0.2) is 53.5 Å². The molecule has 0 spiro atoms. The highest BCUT2D eigenvalue weighted by Gasteiger charge is 2.30. The van der Waals surface area contributed by atoms with Gasteiger partial charge in [-0.05, 0) is 39.2 Å². The first-order valence-corrected chi connectivity index (χ1v) is 9.51. The standard InChI is InChI=1S/C18H34N4O4/c1-11(23)15(8-9-19)21-18(26)16(12(2)24)22-17(25)14(20)10-13-6-4-3-5-7-13/h12-16,24H,3-10,19-20H2,1-2H3,(H,21,26)(H,22,25)/t12?,14-,15-,16-/m0/s1. The smallest absolute Gasteiger partial charge is 0.245 e. The van der Waals surface area contributed by atoms with E-state index < -0.39 is 36.0 Å². The van der Waals surface area contributed by atoms with Gasteiger partial charge >= 0.3 is 0 Å². The highest BCUT2D eigenvalue weighted by atomic mass is 16.3. The van der Waals surface area contributed by atoms with Crippen LogP contribution >= 0.6 is 0 Å². The lowest BCUT2D eigenvalue weighted by Gasteiger charge is -2.27. The van der Waals surface area contributed by atoms with Gasteiger partial charge in [-0.2, -0.15) is 0 Å². The van der Waals surface area contributed by atoms with Crippen molar-refractivity contribution >= 4 is 17.6 Å². The van der Waals surface area contributed by atoms with Crippen molar-refractivity contribution in [3.8, 4) is 0 Å². The van der Waals surface area contributed by atoms with E-state index >= 15 is 0 Å². The molecular weight excluding hydrogens is 336 g/mol. The molecule has 0 aromatic heterocycles. The van der Waals surface area contributed by atoms with Gasteiger partial charge in [0, 0.05) is 0 Å². The van der Waals surface area contributed by atoms with Crippen LogP contribution in [0.1, 0.15) is 58.8 Å². The van der Waals surface area contributed by atoms with Crippen molar-refractivity contribution in [2.75, 3.05) is 6.54 Å². The van der Waals surface area contributed by atoms with E-state index in [-0.39, 0.29) is 12.3 Å². The summed E-state index contributed by atoms with van der Waals surface area (Å²) in [4.78, 5) is 36.3. The minimum Gasteiger partial charge on any atom is -0.391 e. The Hall–Kier alpha value is -1.51. The van der Waals surface area contributed by atoms with Gasteiger partial charge < -0.3 is 27.2 Å². The molecule has 0 bridgehead atoms. The summed E-state index contributed by atoms with van der Waals surface area (Å²) in [5.74, 6) is -0.884. The molecule has 7 N–H and O–H groups in total. The Morgan fingerprint density at radius 2 is 1.73 bits per heavy atom. The summed E-state index contributed by atoms with van der Waals surface area (Å²) in [7, 11) is 0. The number of aliphatic hydroxyl groups is 1. The first-order valence-electron chi connectivity index (χ1n) is 9.51. The quantitative estimate of drug-likeness (QED) is 0.352. The summed E-state index contributed by atoms with van der Waals surface area (Å²) in [6.07, 6.45) is 5.43. The zero-order valence-corrected chi connectivity index (χ0v) is 15.9. The Balaban J connectivity index is 2.63. The van der Waals surface area contributed by atoms with Gasteiger partial charge in [0.25, 0.3) is 0 Å². The molecule has 0 aromatic rings. The molecular formula is C18H34N4O4. The third kappa shape index (κ3) is 7.39. The van der Waals surface area contributed by atoms with Crippen LogP contribution in [0.4, 0.5) is 0 Å². The van der Waals surface area contributed by atoms with Crippen molar-refractivity contribution < 1.29 is 19.5 Å². The number of carbonyl (C=O) groups is 3. The van der Waals surface area contributed by atoms with Gasteiger partial charge in [0.15, 0.2) is 5.78 Å². The topological polar surface area (TPSA) is 148 Å². The summed E-state index contributed by atoms with van der Waals surface area (Å²) in [5, 5.41) is 15.0. The Morgan fingerprint density at radius 1 is 1.12 bits per heavy atom. The summed E-state index contributed by atoms with van der Waals surface area (Å²) in [6, 6.07) is -2.62. The maximum atomic E-state index is 12.4. The zero-order chi connectivity index (χ0) is 19.7. The van der Waals surface area contributed by atoms with Gasteiger partial charge in [0.1, 0.15) is 6.04 Å². The molecule has 26 heavy (non-hydrogen) atoms. The van der Waals surface area contributed by atoms with Crippen LogP contribution in [0.2, 0.25) is 0 Å². The van der Waals surface area contributed by atoms with Crippen LogP contribution in [0.25, 0.3) is 0 Å². The first kappa shape index (κ1) is 22.5. The second-order valence-electron chi connectivity index (χ2n) is 7.32. The number of ketones is 1. The predicted molar refractivity (Wildman–Crippen MR) is 99.1 cm³/mol. The van der Waals surface area contributed by atoms with E-state index in [1.165, 1.54) is 20.3 Å². The van der Waals surface area contributed by atoms with Gasteiger partial charge in [0.05, 0.1) is 18.2 Å². The fourth-order valence-electron chi connectivity index (χ4n) is 3.36. The number of carbonyl (C=O) groups excluding carboxylic acids is 3. The molecule has 8 heteroatoms. The van der Waals surface area contributed by atoms with Gasteiger partial charge in [-0.3, -0.25) is 14.4 Å². The molecule has 4 atom stereocenters. The molecule has 0 radical (unpaired) electrons. The molecule has 1 unspecified atom stereocenters. The van der Waals surface area contributed by atoms with Crippen LogP contribution in [0, 0.1) is 5.92 Å². The largest absolute Gasteiger partial charge is 0.391 e. The van der Waals surface area contributed by atoms with Crippen molar-refractivity contribution in [1.29, 1.82) is 0 Å². The van der Waals surface area contributed by atoms with Gasteiger partial charge in [-0.1, -0.05) is 32.1 Å². The van der Waals surface area contributed by atoms with E-state index in [9.17, 15) is 19.5 Å². The number of rotatable bonds is 10. The number of amides is 2. The monoisotopic (exact) mass is 370 g/mol. The fraction of sp³-hybridized carbons (Fsp3) is 0.833. The molecule has 1 fully saturated rings. The summed E-state index contributed by atoms with van der Waals surface area (Å²) in [5.41, 5.74) is 11.4. The molecule has 1 saturated carbocycles. The maximum absolute atomic E-state index is 12.4. The molecule has 1 aliphatic carbocycles. The van der Waals surface area contributed by atoms with E-state index in [0.717, 1.165) is 25.7 Å². The Labute approximate surface area is 155 Å². The predicted octanol–water partition coefficient (Wildman–Crippen LogP) is -0.428. The van der Waals surface area contributed by atoms with E-state index in [4.69, 9.17) is 11.5 Å². The molecule has 0 aliphatic heterocycles. The molecule has 2 amide bonds. The average Bonchev–Trinajstić information content (AvgIpc) is 2.59.